The Morgan fingerprint density at radius 2 is 2.05 bits per heavy atom. The third kappa shape index (κ3) is 2.76. The highest BCUT2D eigenvalue weighted by Crippen LogP contribution is 2.22. The zero-order chi connectivity index (χ0) is 15.6. The Morgan fingerprint density at radius 1 is 1.33 bits per heavy atom. The fourth-order valence-corrected chi connectivity index (χ4v) is 1.64. The number of fused-ring (bicyclic) bond motifs is 1. The van der Waals surface area contributed by atoms with Gasteiger partial charge in [0, 0.05) is 0 Å². The van der Waals surface area contributed by atoms with E-state index in [4.69, 9.17) is 14.3 Å². The number of nitrogens with zero attached hydrogens (tertiary/aromatic N) is 1. The van der Waals surface area contributed by atoms with E-state index >= 15 is 0 Å². The van der Waals surface area contributed by atoms with Crippen molar-refractivity contribution in [3.05, 3.63) is 39.1 Å². The number of hydrogen-bond acceptors (Lipinski definition) is 7. The van der Waals surface area contributed by atoms with Gasteiger partial charge in [0.15, 0.2) is 11.3 Å². The van der Waals surface area contributed by atoms with Gasteiger partial charge in [0.25, 0.3) is 5.56 Å². The van der Waals surface area contributed by atoms with Gasteiger partial charge in [-0.3, -0.25) is 9.59 Å². The molecule has 9 nitrogen and oxygen atoms in total. The molecule has 0 saturated heterocycles. The molecule has 0 saturated carbocycles. The summed E-state index contributed by atoms with van der Waals surface area (Å²) in [5.41, 5.74) is -1.13. The zero-order valence-corrected chi connectivity index (χ0v) is 10.7. The fraction of sp³-hybridized carbons (Fsp3) is 0.167. The van der Waals surface area contributed by atoms with Crippen molar-refractivity contribution in [2.45, 2.75) is 6.54 Å². The predicted molar refractivity (Wildman–Crippen MR) is 67.4 cm³/mol. The Bertz CT molecular complexity index is 831. The van der Waals surface area contributed by atoms with Crippen LogP contribution in [0.15, 0.2) is 32.2 Å². The molecule has 0 spiro atoms. The quantitative estimate of drug-likeness (QED) is 0.628. The summed E-state index contributed by atoms with van der Waals surface area (Å²) in [5.74, 6) is -2.72. The smallest absolute Gasteiger partial charge is 0.480 e. The van der Waals surface area contributed by atoms with Crippen LogP contribution in [0.1, 0.15) is 0 Å². The molecule has 0 fully saturated rings. The van der Waals surface area contributed by atoms with E-state index in [-0.39, 0.29) is 16.7 Å². The minimum atomic E-state index is -1.37. The average Bonchev–Trinajstić information content (AvgIpc) is 2.44. The number of benzene rings is 1. The molecule has 1 heterocycles. The second kappa shape index (κ2) is 5.49. The summed E-state index contributed by atoms with van der Waals surface area (Å²) in [7, 11) is 1.09. The van der Waals surface area contributed by atoms with Crippen molar-refractivity contribution in [3.8, 4) is 5.75 Å². The summed E-state index contributed by atoms with van der Waals surface area (Å²) >= 11 is 0. The Kier molecular flexibility index (Phi) is 3.74. The molecule has 0 bridgehead atoms. The molecule has 0 unspecified atom stereocenters. The molecule has 0 aliphatic rings. The van der Waals surface area contributed by atoms with Crippen LogP contribution in [0.4, 0.5) is 4.79 Å². The van der Waals surface area contributed by atoms with Crippen LogP contribution in [0, 0.1) is 0 Å². The summed E-state index contributed by atoms with van der Waals surface area (Å²) in [6.07, 6.45) is -1.06. The van der Waals surface area contributed by atoms with E-state index in [1.807, 2.05) is 0 Å². The van der Waals surface area contributed by atoms with Crippen molar-refractivity contribution in [2.24, 2.45) is 0 Å². The number of ether oxygens (including phenoxy) is 2. The second-order valence-electron chi connectivity index (χ2n) is 3.84. The van der Waals surface area contributed by atoms with Crippen LogP contribution in [0.5, 0.6) is 5.75 Å². The SMILES string of the molecule is COC(=O)Oc1cccc2c(=O)n(CC(=O)O)c(=O)oc12. The number of para-hydroxylation sites is 1. The van der Waals surface area contributed by atoms with E-state index in [1.165, 1.54) is 18.2 Å². The summed E-state index contributed by atoms with van der Waals surface area (Å²) in [6, 6.07) is 3.99. The van der Waals surface area contributed by atoms with Crippen LogP contribution in [-0.2, 0) is 16.1 Å². The third-order valence-electron chi connectivity index (χ3n) is 2.52. The van der Waals surface area contributed by atoms with Gasteiger partial charge in [-0.2, -0.15) is 0 Å². The van der Waals surface area contributed by atoms with Gasteiger partial charge in [-0.05, 0) is 12.1 Å². The van der Waals surface area contributed by atoms with Gasteiger partial charge < -0.3 is 19.0 Å². The van der Waals surface area contributed by atoms with Gasteiger partial charge in [0.05, 0.1) is 12.5 Å². The second-order valence-corrected chi connectivity index (χ2v) is 3.84. The number of carboxylic acids is 1. The molecule has 0 atom stereocenters. The number of carbonyl (C=O) groups excluding carboxylic acids is 1. The van der Waals surface area contributed by atoms with E-state index in [1.54, 1.807) is 0 Å². The summed E-state index contributed by atoms with van der Waals surface area (Å²) in [6.45, 7) is -0.834. The van der Waals surface area contributed by atoms with Crippen LogP contribution < -0.4 is 16.1 Å². The zero-order valence-electron chi connectivity index (χ0n) is 10.7. The Morgan fingerprint density at radius 3 is 2.67 bits per heavy atom. The van der Waals surface area contributed by atoms with Crippen molar-refractivity contribution in [1.29, 1.82) is 0 Å². The minimum absolute atomic E-state index is 0.0998. The Labute approximate surface area is 115 Å². The van der Waals surface area contributed by atoms with Crippen molar-refractivity contribution in [3.63, 3.8) is 0 Å². The van der Waals surface area contributed by atoms with Gasteiger partial charge >= 0.3 is 17.9 Å². The largest absolute Gasteiger partial charge is 0.513 e. The van der Waals surface area contributed by atoms with E-state index < -0.39 is 30.0 Å². The van der Waals surface area contributed by atoms with E-state index in [2.05, 4.69) is 4.74 Å². The lowest BCUT2D eigenvalue weighted by Gasteiger charge is -2.06. The van der Waals surface area contributed by atoms with Crippen molar-refractivity contribution in [2.75, 3.05) is 7.11 Å². The molecule has 0 aliphatic heterocycles. The third-order valence-corrected chi connectivity index (χ3v) is 2.52. The molecule has 9 heteroatoms. The maximum absolute atomic E-state index is 12.1. The summed E-state index contributed by atoms with van der Waals surface area (Å²) < 4.78 is 14.3. The van der Waals surface area contributed by atoms with Crippen molar-refractivity contribution >= 4 is 23.1 Å². The average molecular weight is 295 g/mol. The van der Waals surface area contributed by atoms with Crippen LogP contribution in [-0.4, -0.2) is 28.9 Å². The molecule has 0 amide bonds. The Hall–Kier alpha value is -3.10. The molecule has 2 rings (SSSR count). The number of carbonyl (C=O) groups is 2. The number of methoxy groups -OCH3 is 1. The van der Waals surface area contributed by atoms with Crippen LogP contribution >= 0.6 is 0 Å². The molecule has 0 radical (unpaired) electrons. The molecule has 110 valence electrons. The summed E-state index contributed by atoms with van der Waals surface area (Å²) in [5, 5.41) is 8.57. The highest BCUT2D eigenvalue weighted by molar-refractivity contribution is 5.83. The highest BCUT2D eigenvalue weighted by atomic mass is 16.7. The van der Waals surface area contributed by atoms with E-state index in [0.29, 0.717) is 4.57 Å². The van der Waals surface area contributed by atoms with Gasteiger partial charge in [0.2, 0.25) is 0 Å². The first-order chi connectivity index (χ1) is 9.93. The van der Waals surface area contributed by atoms with Crippen molar-refractivity contribution < 1.29 is 28.6 Å². The lowest BCUT2D eigenvalue weighted by atomic mass is 10.2. The first kappa shape index (κ1) is 14.3. The topological polar surface area (TPSA) is 125 Å². The monoisotopic (exact) mass is 295 g/mol. The molecule has 1 aromatic carbocycles. The standard InChI is InChI=1S/C12H9NO8/c1-19-12(18)20-7-4-2-3-6-9(7)21-11(17)13(10(6)16)5-8(14)15/h2-4H,5H2,1H3,(H,14,15). The maximum atomic E-state index is 12.1. The van der Waals surface area contributed by atoms with Gasteiger partial charge in [-0.1, -0.05) is 6.07 Å². The first-order valence-electron chi connectivity index (χ1n) is 5.58. The predicted octanol–water partition coefficient (Wildman–Crippen LogP) is 0.184. The first-order valence-corrected chi connectivity index (χ1v) is 5.58. The minimum Gasteiger partial charge on any atom is -0.480 e. The lowest BCUT2D eigenvalue weighted by molar-refractivity contribution is -0.137. The summed E-state index contributed by atoms with van der Waals surface area (Å²) in [4.78, 5) is 45.4. The molecular weight excluding hydrogens is 286 g/mol. The highest BCUT2D eigenvalue weighted by Gasteiger charge is 2.17. The molecule has 2 aromatic rings. The maximum Gasteiger partial charge on any atom is 0.513 e. The number of carboxylic acid groups (broad SMARTS) is 1. The number of aromatic nitrogens is 1. The van der Waals surface area contributed by atoms with Crippen LogP contribution in [0.25, 0.3) is 11.0 Å². The van der Waals surface area contributed by atoms with E-state index in [0.717, 1.165) is 7.11 Å². The number of rotatable bonds is 3. The van der Waals surface area contributed by atoms with Crippen LogP contribution in [0.3, 0.4) is 0 Å². The fourth-order valence-electron chi connectivity index (χ4n) is 1.64. The molecule has 0 aliphatic carbocycles. The number of hydrogen-bond donors (Lipinski definition) is 1. The van der Waals surface area contributed by atoms with E-state index in [9.17, 15) is 19.2 Å². The van der Waals surface area contributed by atoms with Gasteiger partial charge in [-0.15, -0.1) is 0 Å². The van der Waals surface area contributed by atoms with Crippen LogP contribution in [0.2, 0.25) is 0 Å². The normalized spacial score (nSPS) is 10.3. The molecule has 1 N–H and O–H groups in total. The number of aliphatic carboxylic acids is 1. The Balaban J connectivity index is 2.69. The molecular formula is C12H9NO8. The molecule has 1 aromatic heterocycles. The van der Waals surface area contributed by atoms with Gasteiger partial charge in [-0.25, -0.2) is 14.2 Å². The lowest BCUT2D eigenvalue weighted by Crippen LogP contribution is -2.35. The van der Waals surface area contributed by atoms with Gasteiger partial charge in [0.1, 0.15) is 6.54 Å². The molecule has 21 heavy (non-hydrogen) atoms. The van der Waals surface area contributed by atoms with Crippen molar-refractivity contribution in [1.82, 2.24) is 4.57 Å².